The number of hydrogen-bond acceptors (Lipinski definition) is 11. The van der Waals surface area contributed by atoms with Gasteiger partial charge >= 0.3 is 18.2 Å². The van der Waals surface area contributed by atoms with Crippen molar-refractivity contribution in [2.45, 2.75) is 62.0 Å². The molecule has 1 fully saturated rings. The highest BCUT2D eigenvalue weighted by molar-refractivity contribution is 7.92. The number of carbonyl (C=O) groups excluding carboxylic acids is 2. The molecular formula is C37H41F4N5O9S. The van der Waals surface area contributed by atoms with E-state index in [0.717, 1.165) is 5.39 Å². The van der Waals surface area contributed by atoms with E-state index >= 15 is 4.39 Å². The zero-order valence-corrected chi connectivity index (χ0v) is 31.8. The number of halogens is 4. The number of anilines is 3. The first-order valence-electron chi connectivity index (χ1n) is 17.1. The monoisotopic (exact) mass is 807 g/mol. The molecule has 5 rings (SSSR count). The van der Waals surface area contributed by atoms with Crippen molar-refractivity contribution in [2.24, 2.45) is 0 Å². The molecule has 0 aliphatic carbocycles. The van der Waals surface area contributed by atoms with Crippen LogP contribution >= 0.6 is 0 Å². The van der Waals surface area contributed by atoms with Gasteiger partial charge in [0.2, 0.25) is 5.91 Å². The molecule has 14 nitrogen and oxygen atoms in total. The molecule has 56 heavy (non-hydrogen) atoms. The van der Waals surface area contributed by atoms with Crippen molar-refractivity contribution in [3.05, 3.63) is 77.7 Å². The molecule has 2 heterocycles. The van der Waals surface area contributed by atoms with Gasteiger partial charge in [-0.15, -0.1) is 0 Å². The molecule has 0 unspecified atom stereocenters. The molecule has 0 spiro atoms. The van der Waals surface area contributed by atoms with Crippen LogP contribution in [-0.4, -0.2) is 80.2 Å². The van der Waals surface area contributed by atoms with E-state index in [2.05, 4.69) is 15.6 Å². The quantitative estimate of drug-likeness (QED) is 0.115. The van der Waals surface area contributed by atoms with Gasteiger partial charge in [0.15, 0.2) is 21.3 Å². The van der Waals surface area contributed by atoms with Crippen molar-refractivity contribution in [1.29, 1.82) is 0 Å². The van der Waals surface area contributed by atoms with Gasteiger partial charge in [0, 0.05) is 41.1 Å². The summed E-state index contributed by atoms with van der Waals surface area (Å²) in [6, 6.07) is 12.1. The average Bonchev–Trinajstić information content (AvgIpc) is 3.64. The summed E-state index contributed by atoms with van der Waals surface area (Å²) in [5.74, 6) is -3.20. The van der Waals surface area contributed by atoms with Crippen LogP contribution in [0.25, 0.3) is 10.8 Å². The summed E-state index contributed by atoms with van der Waals surface area (Å²) < 4.78 is 90.7. The Morgan fingerprint density at radius 2 is 1.71 bits per heavy atom. The van der Waals surface area contributed by atoms with Gasteiger partial charge < -0.3 is 35.3 Å². The third kappa shape index (κ3) is 9.68. The Morgan fingerprint density at radius 1 is 1.04 bits per heavy atom. The molecule has 1 aliphatic rings. The normalized spacial score (nSPS) is 14.8. The zero-order valence-electron chi connectivity index (χ0n) is 30.9. The van der Waals surface area contributed by atoms with E-state index in [1.54, 1.807) is 62.2 Å². The number of methoxy groups -OCH3 is 2. The van der Waals surface area contributed by atoms with E-state index in [-0.39, 0.29) is 35.1 Å². The van der Waals surface area contributed by atoms with Gasteiger partial charge in [-0.05, 0) is 93.1 Å². The predicted octanol–water partition coefficient (Wildman–Crippen LogP) is 6.87. The maximum absolute atomic E-state index is 16.0. The van der Waals surface area contributed by atoms with Gasteiger partial charge in [0.05, 0.1) is 37.0 Å². The number of carboxylic acids is 1. The average molecular weight is 808 g/mol. The van der Waals surface area contributed by atoms with E-state index in [0.29, 0.717) is 41.0 Å². The number of amides is 2. The van der Waals surface area contributed by atoms with E-state index in [4.69, 9.17) is 29.8 Å². The Hall–Kier alpha value is -5.85. The number of likely N-dealkylation sites (tertiary alicyclic amines) is 1. The number of rotatable bonds is 11. The molecule has 3 aromatic carbocycles. The summed E-state index contributed by atoms with van der Waals surface area (Å²) >= 11 is 0. The zero-order chi connectivity index (χ0) is 41.5. The van der Waals surface area contributed by atoms with Crippen LogP contribution in [0.1, 0.15) is 56.8 Å². The number of nitrogen functional groups attached to an aromatic ring is 1. The lowest BCUT2D eigenvalue weighted by Crippen LogP contribution is -2.38. The molecule has 1 saturated heterocycles. The number of hydrogen-bond donors (Lipinski definition) is 4. The number of nitrogens with one attached hydrogen (secondary N) is 2. The lowest BCUT2D eigenvalue weighted by atomic mass is 10.00. The van der Waals surface area contributed by atoms with Crippen molar-refractivity contribution in [2.75, 3.05) is 43.7 Å². The highest BCUT2D eigenvalue weighted by atomic mass is 32.2. The van der Waals surface area contributed by atoms with Gasteiger partial charge in [-0.25, -0.2) is 27.4 Å². The lowest BCUT2D eigenvalue weighted by molar-refractivity contribution is -0.192. The molecular weight excluding hydrogens is 766 g/mol. The summed E-state index contributed by atoms with van der Waals surface area (Å²) in [5.41, 5.74) is 7.21. The van der Waals surface area contributed by atoms with Crippen molar-refractivity contribution in [1.82, 2.24) is 9.88 Å². The number of nitrogens with zero attached hydrogens (tertiary/aromatic N) is 2. The van der Waals surface area contributed by atoms with Crippen LogP contribution in [-0.2, 0) is 24.2 Å². The Kier molecular flexibility index (Phi) is 13.6. The van der Waals surface area contributed by atoms with Gasteiger partial charge in [0.25, 0.3) is 0 Å². The number of carboxylic acid groups (broad SMARTS) is 1. The number of aromatic nitrogens is 1. The number of benzene rings is 3. The number of alkyl halides is 3. The van der Waals surface area contributed by atoms with Gasteiger partial charge in [0.1, 0.15) is 17.7 Å². The van der Waals surface area contributed by atoms with E-state index < -0.39 is 57.1 Å². The molecule has 2 atom stereocenters. The maximum atomic E-state index is 16.0. The third-order valence-electron chi connectivity index (χ3n) is 8.75. The number of fused-ring (bicyclic) bond motifs is 1. The Balaban J connectivity index is 0.000000908. The minimum absolute atomic E-state index is 0.00498. The van der Waals surface area contributed by atoms with Crippen LogP contribution in [0.2, 0.25) is 0 Å². The van der Waals surface area contributed by atoms with Crippen LogP contribution in [0.3, 0.4) is 0 Å². The molecule has 1 aliphatic heterocycles. The summed E-state index contributed by atoms with van der Waals surface area (Å²) in [6.45, 7) is 5.47. The fourth-order valence-corrected chi connectivity index (χ4v) is 7.31. The third-order valence-corrected chi connectivity index (χ3v) is 11.0. The minimum atomic E-state index is -5.08. The van der Waals surface area contributed by atoms with Crippen molar-refractivity contribution >= 4 is 55.8 Å². The highest BCUT2D eigenvalue weighted by Crippen LogP contribution is 2.42. The van der Waals surface area contributed by atoms with Crippen LogP contribution < -0.4 is 25.8 Å². The maximum Gasteiger partial charge on any atom is 0.490 e. The van der Waals surface area contributed by atoms with Crippen molar-refractivity contribution < 1.29 is 59.7 Å². The Bertz CT molecular complexity index is 2200. The first kappa shape index (κ1) is 42.9. The number of ether oxygens (including phenoxy) is 3. The largest absolute Gasteiger partial charge is 0.493 e. The fourth-order valence-electron chi connectivity index (χ4n) is 6.02. The number of nitrogens with two attached hydrogens (primary N) is 1. The van der Waals surface area contributed by atoms with Crippen LogP contribution in [0.4, 0.5) is 39.5 Å². The molecule has 0 saturated carbocycles. The molecule has 0 bridgehead atoms. The van der Waals surface area contributed by atoms with Gasteiger partial charge in [-0.1, -0.05) is 0 Å². The topological polar surface area (TPSA) is 199 Å². The molecule has 0 radical (unpaired) electrons. The smallest absolute Gasteiger partial charge is 0.490 e. The fraction of sp³-hybridized carbons (Fsp3) is 0.351. The van der Waals surface area contributed by atoms with E-state index in [1.807, 2.05) is 0 Å². The summed E-state index contributed by atoms with van der Waals surface area (Å²) in [4.78, 5) is 41.5. The predicted molar refractivity (Wildman–Crippen MR) is 199 cm³/mol. The summed E-state index contributed by atoms with van der Waals surface area (Å²) in [5, 5.41) is 13.7. The van der Waals surface area contributed by atoms with E-state index in [1.165, 1.54) is 38.5 Å². The SMILES string of the molecule is CCOc1cc([C@@H](Nc2ccc3c(N)nccc3c2)C(=O)N2CCC[C@@H]2c2cc(NC(=O)OC)ccc2S(=O)(=O)C(C)C)c(F)cc1OC.O=C(O)C(F)(F)F. The molecule has 302 valence electrons. The molecule has 2 amide bonds. The summed E-state index contributed by atoms with van der Waals surface area (Å²) in [7, 11) is -1.21. The summed E-state index contributed by atoms with van der Waals surface area (Å²) in [6.07, 6.45) is -3.26. The number of carbonyl (C=O) groups is 3. The first-order valence-corrected chi connectivity index (χ1v) is 18.6. The molecule has 1 aromatic heterocycles. The first-order chi connectivity index (χ1) is 26.3. The molecule has 19 heteroatoms. The second-order valence-corrected chi connectivity index (χ2v) is 15.1. The lowest BCUT2D eigenvalue weighted by Gasteiger charge is -2.32. The van der Waals surface area contributed by atoms with Crippen LogP contribution in [0.5, 0.6) is 11.5 Å². The highest BCUT2D eigenvalue weighted by Gasteiger charge is 2.40. The van der Waals surface area contributed by atoms with E-state index in [9.17, 15) is 31.2 Å². The van der Waals surface area contributed by atoms with Gasteiger partial charge in [-0.3, -0.25) is 10.1 Å². The number of aliphatic carboxylic acids is 1. The number of pyridine rings is 1. The molecule has 5 N–H and O–H groups in total. The van der Waals surface area contributed by atoms with Gasteiger partial charge in [-0.2, -0.15) is 13.2 Å². The molecule has 4 aromatic rings. The second kappa shape index (κ2) is 17.7. The van der Waals surface area contributed by atoms with Crippen molar-refractivity contribution in [3.63, 3.8) is 0 Å². The Labute approximate surface area is 319 Å². The standard InChI is InChI=1S/C35H40FN5O7S.C2HF3O2/c1-6-48-30-18-25(27(36)19-29(30)46-4)32(39-22-9-11-24-21(16-22)13-14-38-33(24)37)34(42)41-15-7-8-28(41)26-17-23(40-35(43)47-5)10-12-31(26)49(44,45)20(2)3;3-2(4,5)1(6)7/h9-14,16-20,28,32,39H,6-8,15H2,1-5H3,(H2,37,38)(H,40,43);(H,6,7)/t28-,32-;/m1./s1. The van der Waals surface area contributed by atoms with Crippen LogP contribution in [0, 0.1) is 5.82 Å². The Morgan fingerprint density at radius 3 is 2.32 bits per heavy atom. The number of sulfone groups is 1. The second-order valence-electron chi connectivity index (χ2n) is 12.6. The van der Waals surface area contributed by atoms with Crippen LogP contribution in [0.15, 0.2) is 65.7 Å². The minimum Gasteiger partial charge on any atom is -0.493 e. The van der Waals surface area contributed by atoms with Crippen molar-refractivity contribution in [3.8, 4) is 11.5 Å².